The second-order valence-corrected chi connectivity index (χ2v) is 5.03. The molecule has 1 heterocycles. The van der Waals surface area contributed by atoms with Crippen LogP contribution in [-0.2, 0) is 0 Å². The Balaban J connectivity index is 1.95. The molecular weight excluding hydrogens is 194 g/mol. The van der Waals surface area contributed by atoms with E-state index in [9.17, 15) is 4.79 Å². The van der Waals surface area contributed by atoms with Gasteiger partial charge in [0.2, 0.25) is 0 Å². The maximum absolute atomic E-state index is 11.7. The largest absolute Gasteiger partial charge is 0.348 e. The molecule has 0 saturated heterocycles. The molecule has 76 valence electrons. The zero-order valence-electron chi connectivity index (χ0n) is 8.54. The number of hydrogen-bond donors (Lipinski definition) is 1. The molecule has 2 rings (SSSR count). The summed E-state index contributed by atoms with van der Waals surface area (Å²) in [5.41, 5.74) is 1.17. The molecule has 1 aromatic heterocycles. The van der Waals surface area contributed by atoms with Gasteiger partial charge in [-0.3, -0.25) is 4.79 Å². The lowest BCUT2D eigenvalue weighted by Crippen LogP contribution is -2.45. The minimum Gasteiger partial charge on any atom is -0.348 e. The molecule has 0 aromatic carbocycles. The third-order valence-electron chi connectivity index (χ3n) is 2.89. The smallest absolute Gasteiger partial charge is 0.261 e. The van der Waals surface area contributed by atoms with Crippen molar-refractivity contribution in [3.05, 3.63) is 21.9 Å². The van der Waals surface area contributed by atoms with Gasteiger partial charge in [-0.2, -0.15) is 0 Å². The van der Waals surface area contributed by atoms with Gasteiger partial charge in [0.1, 0.15) is 0 Å². The Morgan fingerprint density at radius 2 is 2.36 bits per heavy atom. The van der Waals surface area contributed by atoms with Crippen molar-refractivity contribution in [1.82, 2.24) is 5.32 Å². The summed E-state index contributed by atoms with van der Waals surface area (Å²) >= 11 is 1.52. The standard InChI is InChI=1S/C11H15NOS/c1-7-5-10(14-6-7)11(13)12-9-4-3-8(9)2/h5-6,8-9H,3-4H2,1-2H3,(H,12,13). The van der Waals surface area contributed by atoms with Crippen LogP contribution in [0.5, 0.6) is 0 Å². The quantitative estimate of drug-likeness (QED) is 0.797. The predicted molar refractivity (Wildman–Crippen MR) is 58.7 cm³/mol. The van der Waals surface area contributed by atoms with Crippen LogP contribution in [0.3, 0.4) is 0 Å². The summed E-state index contributed by atoms with van der Waals surface area (Å²) in [6, 6.07) is 2.36. The molecule has 0 bridgehead atoms. The highest BCUT2D eigenvalue weighted by Crippen LogP contribution is 2.27. The summed E-state index contributed by atoms with van der Waals surface area (Å²) in [5.74, 6) is 0.750. The monoisotopic (exact) mass is 209 g/mol. The fourth-order valence-electron chi connectivity index (χ4n) is 1.67. The van der Waals surface area contributed by atoms with Gasteiger partial charge in [0.25, 0.3) is 5.91 Å². The zero-order valence-corrected chi connectivity index (χ0v) is 9.36. The van der Waals surface area contributed by atoms with Crippen molar-refractivity contribution in [2.24, 2.45) is 5.92 Å². The van der Waals surface area contributed by atoms with E-state index in [4.69, 9.17) is 0 Å². The Bertz CT molecular complexity index is 345. The first-order chi connectivity index (χ1) is 6.66. The molecule has 3 heteroatoms. The van der Waals surface area contributed by atoms with Gasteiger partial charge in [0.05, 0.1) is 4.88 Å². The number of amides is 1. The molecule has 0 spiro atoms. The average Bonchev–Trinajstić information content (AvgIpc) is 2.58. The van der Waals surface area contributed by atoms with E-state index in [2.05, 4.69) is 12.2 Å². The van der Waals surface area contributed by atoms with Crippen LogP contribution in [-0.4, -0.2) is 11.9 Å². The van der Waals surface area contributed by atoms with Gasteiger partial charge in [0.15, 0.2) is 0 Å². The van der Waals surface area contributed by atoms with Crippen molar-refractivity contribution in [3.63, 3.8) is 0 Å². The van der Waals surface area contributed by atoms with Gasteiger partial charge in [-0.25, -0.2) is 0 Å². The number of nitrogens with one attached hydrogen (secondary N) is 1. The van der Waals surface area contributed by atoms with Crippen LogP contribution in [0.2, 0.25) is 0 Å². The van der Waals surface area contributed by atoms with E-state index in [-0.39, 0.29) is 5.91 Å². The molecule has 0 radical (unpaired) electrons. The molecular formula is C11H15NOS. The molecule has 1 aliphatic rings. The zero-order chi connectivity index (χ0) is 10.1. The van der Waals surface area contributed by atoms with Crippen LogP contribution in [0.1, 0.15) is 35.0 Å². The fraction of sp³-hybridized carbons (Fsp3) is 0.545. The van der Waals surface area contributed by atoms with Crippen LogP contribution in [0, 0.1) is 12.8 Å². The normalized spacial score (nSPS) is 25.6. The second kappa shape index (κ2) is 3.73. The van der Waals surface area contributed by atoms with E-state index < -0.39 is 0 Å². The van der Waals surface area contributed by atoms with Gasteiger partial charge in [0, 0.05) is 6.04 Å². The molecule has 1 amide bonds. The SMILES string of the molecule is Cc1csc(C(=O)NC2CCC2C)c1. The first-order valence-electron chi connectivity index (χ1n) is 5.03. The predicted octanol–water partition coefficient (Wildman–Crippen LogP) is 2.58. The van der Waals surface area contributed by atoms with Crippen LogP contribution in [0.4, 0.5) is 0 Å². The summed E-state index contributed by atoms with van der Waals surface area (Å²) < 4.78 is 0. The maximum Gasteiger partial charge on any atom is 0.261 e. The lowest BCUT2D eigenvalue weighted by Gasteiger charge is -2.34. The number of thiophene rings is 1. The molecule has 2 nitrogen and oxygen atoms in total. The highest BCUT2D eigenvalue weighted by atomic mass is 32.1. The molecule has 1 saturated carbocycles. The molecule has 1 aromatic rings. The Morgan fingerprint density at radius 1 is 1.57 bits per heavy atom. The molecule has 1 N–H and O–H groups in total. The number of carbonyl (C=O) groups excluding carboxylic acids is 1. The van der Waals surface area contributed by atoms with Gasteiger partial charge in [-0.15, -0.1) is 11.3 Å². The van der Waals surface area contributed by atoms with Gasteiger partial charge >= 0.3 is 0 Å². The van der Waals surface area contributed by atoms with E-state index in [0.717, 1.165) is 11.3 Å². The Hall–Kier alpha value is -0.830. The third-order valence-corrected chi connectivity index (χ3v) is 3.94. The van der Waals surface area contributed by atoms with E-state index >= 15 is 0 Å². The van der Waals surface area contributed by atoms with Crippen molar-refractivity contribution >= 4 is 17.2 Å². The Labute approximate surface area is 88.3 Å². The van der Waals surface area contributed by atoms with Crippen LogP contribution in [0.15, 0.2) is 11.4 Å². The number of aryl methyl sites for hydroxylation is 1. The number of hydrogen-bond acceptors (Lipinski definition) is 2. The Morgan fingerprint density at radius 3 is 2.79 bits per heavy atom. The van der Waals surface area contributed by atoms with E-state index in [1.165, 1.54) is 23.3 Å². The molecule has 2 atom stereocenters. The topological polar surface area (TPSA) is 29.1 Å². The molecule has 2 unspecified atom stereocenters. The highest BCUT2D eigenvalue weighted by Gasteiger charge is 2.28. The lowest BCUT2D eigenvalue weighted by molar-refractivity contribution is 0.0888. The van der Waals surface area contributed by atoms with Gasteiger partial charge in [-0.1, -0.05) is 6.92 Å². The first kappa shape index (κ1) is 9.71. The van der Waals surface area contributed by atoms with Crippen molar-refractivity contribution in [1.29, 1.82) is 0 Å². The molecule has 0 aliphatic heterocycles. The number of carbonyl (C=O) groups is 1. The van der Waals surface area contributed by atoms with E-state index in [0.29, 0.717) is 12.0 Å². The van der Waals surface area contributed by atoms with E-state index in [1.807, 2.05) is 18.4 Å². The Kier molecular flexibility index (Phi) is 2.59. The highest BCUT2D eigenvalue weighted by molar-refractivity contribution is 7.12. The summed E-state index contributed by atoms with van der Waals surface area (Å²) in [5, 5.41) is 5.08. The number of rotatable bonds is 2. The lowest BCUT2D eigenvalue weighted by atomic mass is 9.81. The van der Waals surface area contributed by atoms with Crippen LogP contribution in [0.25, 0.3) is 0 Å². The summed E-state index contributed by atoms with van der Waals surface area (Å²) in [6.07, 6.45) is 2.38. The van der Waals surface area contributed by atoms with Crippen molar-refractivity contribution in [2.45, 2.75) is 32.7 Å². The van der Waals surface area contributed by atoms with Gasteiger partial charge in [-0.05, 0) is 42.7 Å². The minimum absolute atomic E-state index is 0.0969. The van der Waals surface area contributed by atoms with Gasteiger partial charge < -0.3 is 5.32 Å². The first-order valence-corrected chi connectivity index (χ1v) is 5.91. The summed E-state index contributed by atoms with van der Waals surface area (Å²) in [4.78, 5) is 12.5. The average molecular weight is 209 g/mol. The molecule has 1 aliphatic carbocycles. The summed E-state index contributed by atoms with van der Waals surface area (Å²) in [7, 11) is 0. The van der Waals surface area contributed by atoms with E-state index in [1.54, 1.807) is 0 Å². The third kappa shape index (κ3) is 1.82. The maximum atomic E-state index is 11.7. The molecule has 1 fully saturated rings. The molecule has 14 heavy (non-hydrogen) atoms. The van der Waals surface area contributed by atoms with Crippen molar-refractivity contribution in [3.8, 4) is 0 Å². The second-order valence-electron chi connectivity index (χ2n) is 4.12. The van der Waals surface area contributed by atoms with Crippen molar-refractivity contribution in [2.75, 3.05) is 0 Å². The van der Waals surface area contributed by atoms with Crippen molar-refractivity contribution < 1.29 is 4.79 Å². The van der Waals surface area contributed by atoms with Crippen LogP contribution >= 0.6 is 11.3 Å². The summed E-state index contributed by atoms with van der Waals surface area (Å²) in [6.45, 7) is 4.20. The minimum atomic E-state index is 0.0969. The fourth-order valence-corrected chi connectivity index (χ4v) is 2.47. The van der Waals surface area contributed by atoms with Crippen LogP contribution < -0.4 is 5.32 Å².